The van der Waals surface area contributed by atoms with Crippen LogP contribution in [0, 0.1) is 17.0 Å². The zero-order chi connectivity index (χ0) is 11.8. The van der Waals surface area contributed by atoms with Gasteiger partial charge >= 0.3 is 0 Å². The molecule has 0 aliphatic carbocycles. The summed E-state index contributed by atoms with van der Waals surface area (Å²) in [5.41, 5.74) is -0.174. The van der Waals surface area contributed by atoms with Crippen molar-refractivity contribution in [2.75, 3.05) is 0 Å². The first-order chi connectivity index (χ1) is 6.75. The maximum absolute atomic E-state index is 11.0. The highest BCUT2D eigenvalue weighted by Crippen LogP contribution is 2.32. The summed E-state index contributed by atoms with van der Waals surface area (Å²) < 4.78 is 22.0. The third-order valence-electron chi connectivity index (χ3n) is 1.78. The van der Waals surface area contributed by atoms with Gasteiger partial charge in [-0.15, -0.1) is 0 Å². The molecule has 0 aromatic heterocycles. The minimum Gasteiger partial charge on any atom is -0.258 e. The fourth-order valence-corrected chi connectivity index (χ4v) is 2.60. The van der Waals surface area contributed by atoms with Gasteiger partial charge < -0.3 is 0 Å². The molecule has 8 heteroatoms. The maximum atomic E-state index is 11.0. The second-order valence-corrected chi connectivity index (χ2v) is 5.63. The lowest BCUT2D eigenvalue weighted by Crippen LogP contribution is -1.98. The summed E-state index contributed by atoms with van der Waals surface area (Å²) in [4.78, 5) is 9.53. The second-order valence-electron chi connectivity index (χ2n) is 2.72. The van der Waals surface area contributed by atoms with Crippen molar-refractivity contribution in [1.29, 1.82) is 0 Å². The fourth-order valence-electron chi connectivity index (χ4n) is 1.04. The highest BCUT2D eigenvalue weighted by atomic mass is 35.7. The predicted octanol–water partition coefficient (Wildman–Crippen LogP) is 2.48. The van der Waals surface area contributed by atoms with Crippen LogP contribution >= 0.6 is 22.3 Å². The summed E-state index contributed by atoms with van der Waals surface area (Å²) in [6.07, 6.45) is 0. The molecule has 1 rings (SSSR count). The Balaban J connectivity index is 3.55. The Hall–Kier alpha value is -0.850. The van der Waals surface area contributed by atoms with Crippen LogP contribution in [0.25, 0.3) is 0 Å². The quantitative estimate of drug-likeness (QED) is 0.470. The highest BCUT2D eigenvalue weighted by Gasteiger charge is 2.22. The third kappa shape index (κ3) is 2.39. The predicted molar refractivity (Wildman–Crippen MR) is 55.9 cm³/mol. The molecule has 5 nitrogen and oxygen atoms in total. The SMILES string of the molecule is Cc1c([N+](=O)[O-])ccc(S(=O)(=O)Cl)c1Cl. The van der Waals surface area contributed by atoms with Crippen LogP contribution in [-0.2, 0) is 9.05 Å². The zero-order valence-electron chi connectivity index (χ0n) is 7.40. The van der Waals surface area contributed by atoms with E-state index in [1.54, 1.807) is 0 Å². The molecule has 0 atom stereocenters. The van der Waals surface area contributed by atoms with E-state index >= 15 is 0 Å². The molecule has 0 saturated heterocycles. The van der Waals surface area contributed by atoms with E-state index in [0.717, 1.165) is 12.1 Å². The van der Waals surface area contributed by atoms with Gasteiger partial charge in [0.1, 0.15) is 4.90 Å². The molecule has 0 bridgehead atoms. The number of nitro benzene ring substituents is 1. The van der Waals surface area contributed by atoms with Crippen LogP contribution in [0.5, 0.6) is 0 Å². The molecule has 0 fully saturated rings. The van der Waals surface area contributed by atoms with Gasteiger partial charge in [0, 0.05) is 22.3 Å². The Kier molecular flexibility index (Phi) is 3.22. The Labute approximate surface area is 95.2 Å². The van der Waals surface area contributed by atoms with E-state index in [9.17, 15) is 18.5 Å². The van der Waals surface area contributed by atoms with Crippen LogP contribution in [0.1, 0.15) is 5.56 Å². The van der Waals surface area contributed by atoms with Crippen molar-refractivity contribution in [2.24, 2.45) is 0 Å². The Morgan fingerprint density at radius 1 is 1.40 bits per heavy atom. The van der Waals surface area contributed by atoms with Crippen LogP contribution in [0.2, 0.25) is 5.02 Å². The smallest absolute Gasteiger partial charge is 0.258 e. The fraction of sp³-hybridized carbons (Fsp3) is 0.143. The molecular formula is C7H5Cl2NO4S. The summed E-state index contributed by atoms with van der Waals surface area (Å²) in [6.45, 7) is 1.35. The average molecular weight is 270 g/mol. The molecule has 0 N–H and O–H groups in total. The van der Waals surface area contributed by atoms with Crippen LogP contribution < -0.4 is 0 Å². The van der Waals surface area contributed by atoms with E-state index in [4.69, 9.17) is 22.3 Å². The minimum atomic E-state index is -3.98. The third-order valence-corrected chi connectivity index (χ3v) is 3.75. The first-order valence-corrected chi connectivity index (χ1v) is 6.32. The summed E-state index contributed by atoms with van der Waals surface area (Å²) in [5, 5.41) is 10.3. The molecule has 0 heterocycles. The second kappa shape index (κ2) is 3.96. The first-order valence-electron chi connectivity index (χ1n) is 3.63. The van der Waals surface area contributed by atoms with E-state index in [0.29, 0.717) is 0 Å². The number of nitro groups is 1. The molecule has 0 aliphatic heterocycles. The minimum absolute atomic E-state index is 0.0726. The monoisotopic (exact) mass is 269 g/mol. The van der Waals surface area contributed by atoms with Crippen molar-refractivity contribution in [3.8, 4) is 0 Å². The highest BCUT2D eigenvalue weighted by molar-refractivity contribution is 8.13. The Morgan fingerprint density at radius 2 is 1.93 bits per heavy atom. The molecule has 0 spiro atoms. The average Bonchev–Trinajstić information content (AvgIpc) is 2.06. The molecule has 0 saturated carbocycles. The van der Waals surface area contributed by atoms with Gasteiger partial charge in [-0.05, 0) is 13.0 Å². The number of hydrogen-bond donors (Lipinski definition) is 0. The summed E-state index contributed by atoms with van der Waals surface area (Å²) in [6, 6.07) is 2.06. The van der Waals surface area contributed by atoms with Crippen molar-refractivity contribution in [3.05, 3.63) is 32.8 Å². The van der Waals surface area contributed by atoms with Gasteiger partial charge in [0.05, 0.1) is 9.95 Å². The molecule has 0 aliphatic rings. The number of halogens is 2. The van der Waals surface area contributed by atoms with Gasteiger partial charge in [-0.2, -0.15) is 0 Å². The number of rotatable bonds is 2. The zero-order valence-corrected chi connectivity index (χ0v) is 9.73. The van der Waals surface area contributed by atoms with Gasteiger partial charge in [-0.1, -0.05) is 11.6 Å². The number of nitrogens with zero attached hydrogens (tertiary/aromatic N) is 1. The molecule has 0 unspecified atom stereocenters. The van der Waals surface area contributed by atoms with Gasteiger partial charge in [0.25, 0.3) is 14.7 Å². The van der Waals surface area contributed by atoms with Crippen molar-refractivity contribution in [3.63, 3.8) is 0 Å². The maximum Gasteiger partial charge on any atom is 0.273 e. The van der Waals surface area contributed by atoms with Gasteiger partial charge in [-0.25, -0.2) is 8.42 Å². The standard InChI is InChI=1S/C7H5Cl2NO4S/c1-4-5(10(11)12)2-3-6(7(4)8)15(9,13)14/h2-3H,1H3. The van der Waals surface area contributed by atoms with E-state index in [-0.39, 0.29) is 21.2 Å². The molecule has 15 heavy (non-hydrogen) atoms. The molecule has 1 aromatic carbocycles. The van der Waals surface area contributed by atoms with Crippen LogP contribution in [0.4, 0.5) is 5.69 Å². The molecule has 1 aromatic rings. The van der Waals surface area contributed by atoms with Gasteiger partial charge in [0.15, 0.2) is 0 Å². The summed E-state index contributed by atoms with van der Waals surface area (Å²) >= 11 is 5.66. The van der Waals surface area contributed by atoms with Crippen LogP contribution in [-0.4, -0.2) is 13.3 Å². The van der Waals surface area contributed by atoms with Gasteiger partial charge in [0.2, 0.25) is 0 Å². The number of benzene rings is 1. The van der Waals surface area contributed by atoms with E-state index in [1.807, 2.05) is 0 Å². The van der Waals surface area contributed by atoms with E-state index in [1.165, 1.54) is 6.92 Å². The molecule has 0 radical (unpaired) electrons. The summed E-state index contributed by atoms with van der Waals surface area (Å²) in [7, 11) is 1.10. The lowest BCUT2D eigenvalue weighted by Gasteiger charge is -2.03. The van der Waals surface area contributed by atoms with E-state index < -0.39 is 14.0 Å². The van der Waals surface area contributed by atoms with E-state index in [2.05, 4.69) is 0 Å². The van der Waals surface area contributed by atoms with Crippen molar-refractivity contribution in [2.45, 2.75) is 11.8 Å². The topological polar surface area (TPSA) is 77.3 Å². The van der Waals surface area contributed by atoms with Crippen molar-refractivity contribution < 1.29 is 13.3 Å². The van der Waals surface area contributed by atoms with Crippen molar-refractivity contribution in [1.82, 2.24) is 0 Å². The Bertz CT molecular complexity index is 526. The molecule has 0 amide bonds. The lowest BCUT2D eigenvalue weighted by molar-refractivity contribution is -0.385. The Morgan fingerprint density at radius 3 is 2.33 bits per heavy atom. The van der Waals surface area contributed by atoms with Crippen molar-refractivity contribution >= 4 is 37.0 Å². The first kappa shape index (κ1) is 12.2. The van der Waals surface area contributed by atoms with Crippen LogP contribution in [0.15, 0.2) is 17.0 Å². The molecular weight excluding hydrogens is 265 g/mol. The lowest BCUT2D eigenvalue weighted by atomic mass is 10.2. The normalized spacial score (nSPS) is 11.4. The van der Waals surface area contributed by atoms with Crippen LogP contribution in [0.3, 0.4) is 0 Å². The number of hydrogen-bond acceptors (Lipinski definition) is 4. The van der Waals surface area contributed by atoms with Gasteiger partial charge in [-0.3, -0.25) is 10.1 Å². The summed E-state index contributed by atoms with van der Waals surface area (Å²) in [5.74, 6) is 0. The largest absolute Gasteiger partial charge is 0.273 e. The molecule has 82 valence electrons.